The smallest absolute Gasteiger partial charge is 0.350 e. The fraction of sp³-hybridized carbons (Fsp3) is 0.417. The van der Waals surface area contributed by atoms with Gasteiger partial charge in [0.25, 0.3) is 0 Å². The number of likely N-dealkylation sites (tertiary alicyclic amines) is 1. The van der Waals surface area contributed by atoms with E-state index in [1.54, 1.807) is 37.4 Å². The molecule has 2 amide bonds. The van der Waals surface area contributed by atoms with Crippen LogP contribution in [0, 0.1) is 5.92 Å². The van der Waals surface area contributed by atoms with E-state index >= 15 is 0 Å². The van der Waals surface area contributed by atoms with Crippen LogP contribution in [0.1, 0.15) is 18.4 Å². The third-order valence-electron chi connectivity index (χ3n) is 6.04. The van der Waals surface area contributed by atoms with Crippen molar-refractivity contribution in [3.63, 3.8) is 0 Å². The number of nitrogens with one attached hydrogen (secondary N) is 1. The maximum absolute atomic E-state index is 12.6. The van der Waals surface area contributed by atoms with Gasteiger partial charge in [0, 0.05) is 38.8 Å². The van der Waals surface area contributed by atoms with Crippen LogP contribution in [-0.2, 0) is 22.6 Å². The van der Waals surface area contributed by atoms with Crippen molar-refractivity contribution in [3.8, 4) is 11.5 Å². The van der Waals surface area contributed by atoms with Crippen molar-refractivity contribution in [2.75, 3.05) is 33.9 Å². The molecule has 0 radical (unpaired) electrons. The van der Waals surface area contributed by atoms with Crippen LogP contribution in [0.5, 0.6) is 11.5 Å². The van der Waals surface area contributed by atoms with E-state index in [-0.39, 0.29) is 29.8 Å². The van der Waals surface area contributed by atoms with Gasteiger partial charge in [0.15, 0.2) is 17.1 Å². The summed E-state index contributed by atoms with van der Waals surface area (Å²) in [6.45, 7) is 1.76. The van der Waals surface area contributed by atoms with Crippen molar-refractivity contribution in [2.24, 2.45) is 5.92 Å². The van der Waals surface area contributed by atoms with Crippen molar-refractivity contribution >= 4 is 17.5 Å². The predicted molar refractivity (Wildman–Crippen MR) is 125 cm³/mol. The van der Waals surface area contributed by atoms with E-state index in [4.69, 9.17) is 9.47 Å². The third kappa shape index (κ3) is 5.05. The lowest BCUT2D eigenvalue weighted by Gasteiger charge is -2.17. The van der Waals surface area contributed by atoms with Gasteiger partial charge >= 0.3 is 5.69 Å². The Morgan fingerprint density at radius 2 is 1.94 bits per heavy atom. The molecule has 10 nitrogen and oxygen atoms in total. The number of nitrogens with zero attached hydrogens (tertiary/aromatic N) is 4. The predicted octanol–water partition coefficient (Wildman–Crippen LogP) is 1.11. The molecule has 3 heterocycles. The lowest BCUT2D eigenvalue weighted by atomic mass is 10.1. The highest BCUT2D eigenvalue weighted by atomic mass is 16.5. The molecular formula is C24H29N5O5. The summed E-state index contributed by atoms with van der Waals surface area (Å²) in [4.78, 5) is 39.0. The minimum atomic E-state index is -0.365. The molecule has 1 aromatic carbocycles. The van der Waals surface area contributed by atoms with Crippen LogP contribution in [0.3, 0.4) is 0 Å². The Bertz CT molecular complexity index is 1230. The molecular weight excluding hydrogens is 438 g/mol. The molecule has 180 valence electrons. The molecule has 1 aliphatic rings. The van der Waals surface area contributed by atoms with Gasteiger partial charge in [-0.1, -0.05) is 12.1 Å². The molecule has 1 aliphatic heterocycles. The molecule has 1 unspecified atom stereocenters. The number of hydrogen-bond acceptors (Lipinski definition) is 6. The number of methoxy groups -OCH3 is 2. The lowest BCUT2D eigenvalue weighted by molar-refractivity contribution is -0.129. The van der Waals surface area contributed by atoms with E-state index in [2.05, 4.69) is 10.4 Å². The van der Waals surface area contributed by atoms with Gasteiger partial charge in [-0.3, -0.25) is 14.0 Å². The fourth-order valence-corrected chi connectivity index (χ4v) is 4.16. The van der Waals surface area contributed by atoms with Crippen LogP contribution in [0.25, 0.3) is 5.65 Å². The second-order valence-electron chi connectivity index (χ2n) is 8.26. The van der Waals surface area contributed by atoms with Gasteiger partial charge in [0.05, 0.1) is 20.1 Å². The number of benzene rings is 1. The highest BCUT2D eigenvalue weighted by Crippen LogP contribution is 2.28. The Morgan fingerprint density at radius 1 is 1.12 bits per heavy atom. The first-order chi connectivity index (χ1) is 16.5. The molecule has 1 N–H and O–H groups in total. The Hall–Kier alpha value is -3.82. The van der Waals surface area contributed by atoms with Crippen LogP contribution >= 0.6 is 0 Å². The van der Waals surface area contributed by atoms with E-state index in [1.165, 1.54) is 9.08 Å². The zero-order chi connectivity index (χ0) is 24.1. The Morgan fingerprint density at radius 3 is 2.71 bits per heavy atom. The highest BCUT2D eigenvalue weighted by Gasteiger charge is 2.33. The first kappa shape index (κ1) is 23.3. The van der Waals surface area contributed by atoms with Crippen LogP contribution in [0.4, 0.5) is 0 Å². The highest BCUT2D eigenvalue weighted by molar-refractivity contribution is 5.89. The maximum Gasteiger partial charge on any atom is 0.350 e. The summed E-state index contributed by atoms with van der Waals surface area (Å²) in [5.74, 6) is 0.791. The van der Waals surface area contributed by atoms with Crippen LogP contribution in [-0.4, -0.2) is 64.7 Å². The Labute approximate surface area is 197 Å². The molecule has 0 aliphatic carbocycles. The Kier molecular flexibility index (Phi) is 7.15. The van der Waals surface area contributed by atoms with Gasteiger partial charge in [-0.2, -0.15) is 0 Å². The number of hydrogen-bond donors (Lipinski definition) is 1. The number of carbonyl (C=O) groups excluding carboxylic acids is 2. The number of aryl methyl sites for hydroxylation is 1. The minimum Gasteiger partial charge on any atom is -0.493 e. The van der Waals surface area contributed by atoms with Crippen molar-refractivity contribution in [1.29, 1.82) is 0 Å². The monoisotopic (exact) mass is 467 g/mol. The van der Waals surface area contributed by atoms with Crippen LogP contribution < -0.4 is 20.5 Å². The number of carbonyl (C=O) groups is 2. The lowest BCUT2D eigenvalue weighted by Crippen LogP contribution is -2.34. The summed E-state index contributed by atoms with van der Waals surface area (Å²) in [5, 5.41) is 7.17. The molecule has 2 aromatic heterocycles. The SMILES string of the molecule is COc1ccc(CCN2CC(C(=O)NCCCn3nc4ccccn4c3=O)CC2=O)cc1OC. The topological polar surface area (TPSA) is 107 Å². The van der Waals surface area contributed by atoms with Gasteiger partial charge in [-0.05, 0) is 42.7 Å². The molecule has 10 heteroatoms. The zero-order valence-corrected chi connectivity index (χ0v) is 19.4. The molecule has 3 aromatic rings. The first-order valence-corrected chi connectivity index (χ1v) is 11.3. The summed E-state index contributed by atoms with van der Waals surface area (Å²) in [6, 6.07) is 11.1. The quantitative estimate of drug-likeness (QED) is 0.448. The van der Waals surface area contributed by atoms with Crippen molar-refractivity contribution in [3.05, 3.63) is 58.6 Å². The van der Waals surface area contributed by atoms with E-state index in [1.807, 2.05) is 24.3 Å². The number of amides is 2. The van der Waals surface area contributed by atoms with Crippen molar-refractivity contribution in [1.82, 2.24) is 24.4 Å². The molecule has 34 heavy (non-hydrogen) atoms. The molecule has 1 saturated heterocycles. The van der Waals surface area contributed by atoms with Crippen molar-refractivity contribution in [2.45, 2.75) is 25.8 Å². The number of rotatable bonds is 10. The first-order valence-electron chi connectivity index (χ1n) is 11.3. The van der Waals surface area contributed by atoms with Gasteiger partial charge in [-0.25, -0.2) is 9.48 Å². The van der Waals surface area contributed by atoms with E-state index in [9.17, 15) is 14.4 Å². The molecule has 0 spiro atoms. The number of ether oxygens (including phenoxy) is 2. The van der Waals surface area contributed by atoms with E-state index in [0.29, 0.717) is 56.2 Å². The van der Waals surface area contributed by atoms with Gasteiger partial charge in [0.2, 0.25) is 11.8 Å². The van der Waals surface area contributed by atoms with Gasteiger partial charge in [0.1, 0.15) is 0 Å². The van der Waals surface area contributed by atoms with Gasteiger partial charge in [-0.15, -0.1) is 5.10 Å². The second-order valence-corrected chi connectivity index (χ2v) is 8.26. The Balaban J connectivity index is 1.23. The summed E-state index contributed by atoms with van der Waals surface area (Å²) >= 11 is 0. The second kappa shape index (κ2) is 10.4. The van der Waals surface area contributed by atoms with E-state index in [0.717, 1.165) is 5.56 Å². The largest absolute Gasteiger partial charge is 0.493 e. The fourth-order valence-electron chi connectivity index (χ4n) is 4.16. The molecule has 1 fully saturated rings. The summed E-state index contributed by atoms with van der Waals surface area (Å²) in [7, 11) is 3.18. The number of aromatic nitrogens is 3. The average molecular weight is 468 g/mol. The summed E-state index contributed by atoms with van der Waals surface area (Å²) in [6.07, 6.45) is 3.12. The summed E-state index contributed by atoms with van der Waals surface area (Å²) < 4.78 is 13.5. The molecule has 1 atom stereocenters. The molecule has 0 saturated carbocycles. The summed E-state index contributed by atoms with van der Waals surface area (Å²) in [5.41, 5.74) is 1.42. The zero-order valence-electron chi connectivity index (χ0n) is 19.4. The molecule has 4 rings (SSSR count). The minimum absolute atomic E-state index is 0.0168. The van der Waals surface area contributed by atoms with Crippen molar-refractivity contribution < 1.29 is 19.1 Å². The number of pyridine rings is 1. The van der Waals surface area contributed by atoms with Gasteiger partial charge < -0.3 is 19.7 Å². The maximum atomic E-state index is 12.6. The van der Waals surface area contributed by atoms with E-state index < -0.39 is 0 Å². The van der Waals surface area contributed by atoms with Crippen LogP contribution in [0.15, 0.2) is 47.4 Å². The van der Waals surface area contributed by atoms with Crippen LogP contribution in [0.2, 0.25) is 0 Å². The number of fused-ring (bicyclic) bond motifs is 1. The normalized spacial score (nSPS) is 15.6. The average Bonchev–Trinajstić information content (AvgIpc) is 3.39. The third-order valence-corrected chi connectivity index (χ3v) is 6.04. The standard InChI is InChI=1S/C24H29N5O5/c1-33-19-8-7-17(14-20(19)34-2)9-13-27-16-18(15-22(27)30)23(31)25-10-5-12-29-24(32)28-11-4-3-6-21(28)26-29/h3-4,6-8,11,14,18H,5,9-10,12-13,15-16H2,1-2H3,(H,25,31). The molecule has 0 bridgehead atoms.